The Morgan fingerprint density at radius 1 is 1.44 bits per heavy atom. The highest BCUT2D eigenvalue weighted by Gasteiger charge is 2.05. The first-order valence-corrected chi connectivity index (χ1v) is 5.13. The van der Waals surface area contributed by atoms with Crippen molar-refractivity contribution in [1.29, 1.82) is 0 Å². The lowest BCUT2D eigenvalue weighted by atomic mass is 10.1. The van der Waals surface area contributed by atoms with E-state index in [9.17, 15) is 0 Å². The summed E-state index contributed by atoms with van der Waals surface area (Å²) in [6.45, 7) is 2.43. The number of nitrogens with zero attached hydrogens (tertiary/aromatic N) is 2. The van der Waals surface area contributed by atoms with Gasteiger partial charge in [0.1, 0.15) is 11.6 Å². The first kappa shape index (κ1) is 10.7. The molecule has 2 N–H and O–H groups in total. The van der Waals surface area contributed by atoms with Crippen molar-refractivity contribution in [3.63, 3.8) is 0 Å². The molecule has 0 spiro atoms. The molecule has 0 radical (unpaired) electrons. The van der Waals surface area contributed by atoms with Crippen LogP contribution < -0.4 is 10.5 Å². The molecule has 0 fully saturated rings. The third-order valence-corrected chi connectivity index (χ3v) is 2.59. The van der Waals surface area contributed by atoms with Gasteiger partial charge in [-0.05, 0) is 25.1 Å². The van der Waals surface area contributed by atoms with Crippen LogP contribution in [0.4, 0.5) is 0 Å². The fourth-order valence-electron chi connectivity index (χ4n) is 1.73. The average molecular weight is 217 g/mol. The molecule has 1 aromatic carbocycles. The molecular formula is C12H15N3O. The van der Waals surface area contributed by atoms with Gasteiger partial charge in [0.2, 0.25) is 0 Å². The van der Waals surface area contributed by atoms with Crippen molar-refractivity contribution in [3.8, 4) is 11.4 Å². The van der Waals surface area contributed by atoms with Crippen LogP contribution in [0.3, 0.4) is 0 Å². The molecule has 0 saturated carbocycles. The fraction of sp³-hybridized carbons (Fsp3) is 0.250. The molecule has 84 valence electrons. The second-order valence-electron chi connectivity index (χ2n) is 3.54. The third-order valence-electron chi connectivity index (χ3n) is 2.59. The first-order chi connectivity index (χ1) is 7.76. The number of rotatable bonds is 3. The van der Waals surface area contributed by atoms with E-state index in [2.05, 4.69) is 4.98 Å². The van der Waals surface area contributed by atoms with Crippen LogP contribution in [-0.4, -0.2) is 16.7 Å². The molecule has 0 aliphatic carbocycles. The Morgan fingerprint density at radius 3 is 2.81 bits per heavy atom. The quantitative estimate of drug-likeness (QED) is 0.850. The molecule has 0 aliphatic rings. The van der Waals surface area contributed by atoms with E-state index >= 15 is 0 Å². The molecule has 2 rings (SSSR count). The molecule has 0 aliphatic heterocycles. The Morgan fingerprint density at radius 2 is 2.25 bits per heavy atom. The largest absolute Gasteiger partial charge is 0.496 e. The van der Waals surface area contributed by atoms with Crippen molar-refractivity contribution >= 4 is 0 Å². The van der Waals surface area contributed by atoms with Gasteiger partial charge in [-0.15, -0.1) is 0 Å². The zero-order chi connectivity index (χ0) is 11.5. The van der Waals surface area contributed by atoms with Crippen LogP contribution >= 0.6 is 0 Å². The van der Waals surface area contributed by atoms with Crippen LogP contribution in [0.25, 0.3) is 5.69 Å². The molecular weight excluding hydrogens is 202 g/mol. The maximum Gasteiger partial charge on any atom is 0.123 e. The van der Waals surface area contributed by atoms with Gasteiger partial charge < -0.3 is 15.0 Å². The van der Waals surface area contributed by atoms with E-state index in [1.54, 1.807) is 13.3 Å². The van der Waals surface area contributed by atoms with Crippen molar-refractivity contribution in [3.05, 3.63) is 42.0 Å². The molecule has 16 heavy (non-hydrogen) atoms. The number of imidazole rings is 1. The van der Waals surface area contributed by atoms with Crippen LogP contribution in [0.1, 0.15) is 11.4 Å². The van der Waals surface area contributed by atoms with E-state index in [0.29, 0.717) is 6.54 Å². The topological polar surface area (TPSA) is 53.1 Å². The van der Waals surface area contributed by atoms with E-state index in [4.69, 9.17) is 10.5 Å². The van der Waals surface area contributed by atoms with Crippen molar-refractivity contribution in [2.75, 3.05) is 7.11 Å². The van der Waals surface area contributed by atoms with Crippen LogP contribution in [0.5, 0.6) is 5.75 Å². The first-order valence-electron chi connectivity index (χ1n) is 5.13. The molecule has 0 unspecified atom stereocenters. The number of nitrogens with two attached hydrogens (primary N) is 1. The minimum atomic E-state index is 0.463. The predicted octanol–water partition coefficient (Wildman–Crippen LogP) is 1.65. The van der Waals surface area contributed by atoms with Crippen molar-refractivity contribution in [2.24, 2.45) is 5.73 Å². The Hall–Kier alpha value is -1.81. The molecule has 4 nitrogen and oxygen atoms in total. The second kappa shape index (κ2) is 4.37. The molecule has 2 aromatic rings. The van der Waals surface area contributed by atoms with E-state index in [-0.39, 0.29) is 0 Å². The van der Waals surface area contributed by atoms with E-state index in [1.165, 1.54) is 0 Å². The summed E-state index contributed by atoms with van der Waals surface area (Å²) in [5, 5.41) is 0. The lowest BCUT2D eigenvalue weighted by Gasteiger charge is -2.10. The molecule has 0 bridgehead atoms. The highest BCUT2D eigenvalue weighted by Crippen LogP contribution is 2.21. The minimum absolute atomic E-state index is 0.463. The minimum Gasteiger partial charge on any atom is -0.496 e. The van der Waals surface area contributed by atoms with Gasteiger partial charge in [-0.3, -0.25) is 0 Å². The van der Waals surface area contributed by atoms with Gasteiger partial charge in [0.05, 0.1) is 7.11 Å². The third kappa shape index (κ3) is 1.79. The summed E-state index contributed by atoms with van der Waals surface area (Å²) in [6, 6.07) is 5.94. The van der Waals surface area contributed by atoms with Crippen LogP contribution in [-0.2, 0) is 6.54 Å². The van der Waals surface area contributed by atoms with Gasteiger partial charge in [0.25, 0.3) is 0 Å². The van der Waals surface area contributed by atoms with E-state index in [1.807, 2.05) is 35.9 Å². The van der Waals surface area contributed by atoms with Gasteiger partial charge in [-0.25, -0.2) is 4.98 Å². The summed E-state index contributed by atoms with van der Waals surface area (Å²) in [6.07, 6.45) is 3.71. The molecule has 4 heteroatoms. The lowest BCUT2D eigenvalue weighted by Crippen LogP contribution is -2.02. The van der Waals surface area contributed by atoms with Crippen LogP contribution in [0.15, 0.2) is 30.6 Å². The fourth-order valence-corrected chi connectivity index (χ4v) is 1.73. The predicted molar refractivity (Wildman–Crippen MR) is 62.7 cm³/mol. The SMILES string of the molecule is COc1ccc(-n2ccnc2C)cc1CN. The lowest BCUT2D eigenvalue weighted by molar-refractivity contribution is 0.410. The molecule has 0 amide bonds. The average Bonchev–Trinajstić information content (AvgIpc) is 2.74. The smallest absolute Gasteiger partial charge is 0.123 e. The number of aromatic nitrogens is 2. The van der Waals surface area contributed by atoms with Gasteiger partial charge >= 0.3 is 0 Å². The van der Waals surface area contributed by atoms with Gasteiger partial charge in [0.15, 0.2) is 0 Å². The van der Waals surface area contributed by atoms with Crippen molar-refractivity contribution < 1.29 is 4.74 Å². The van der Waals surface area contributed by atoms with Gasteiger partial charge in [-0.2, -0.15) is 0 Å². The standard InChI is InChI=1S/C12H15N3O/c1-9-14-5-6-15(9)11-3-4-12(16-2)10(7-11)8-13/h3-7H,8,13H2,1-2H3. The second-order valence-corrected chi connectivity index (χ2v) is 3.54. The highest BCUT2D eigenvalue weighted by molar-refractivity contribution is 5.44. The maximum absolute atomic E-state index is 5.68. The number of methoxy groups -OCH3 is 1. The molecule has 0 atom stereocenters. The Bertz CT molecular complexity index is 491. The zero-order valence-corrected chi connectivity index (χ0v) is 9.47. The van der Waals surface area contributed by atoms with Crippen molar-refractivity contribution in [1.82, 2.24) is 9.55 Å². The summed E-state index contributed by atoms with van der Waals surface area (Å²) in [5.41, 5.74) is 7.73. The molecule has 1 aromatic heterocycles. The summed E-state index contributed by atoms with van der Waals surface area (Å²) >= 11 is 0. The highest BCUT2D eigenvalue weighted by atomic mass is 16.5. The number of ether oxygens (including phenoxy) is 1. The number of hydrogen-bond acceptors (Lipinski definition) is 3. The van der Waals surface area contributed by atoms with E-state index < -0.39 is 0 Å². The normalized spacial score (nSPS) is 10.4. The van der Waals surface area contributed by atoms with Crippen LogP contribution in [0.2, 0.25) is 0 Å². The summed E-state index contributed by atoms with van der Waals surface area (Å²) in [5.74, 6) is 1.78. The Kier molecular flexibility index (Phi) is 2.92. The summed E-state index contributed by atoms with van der Waals surface area (Å²) in [7, 11) is 1.65. The Balaban J connectivity index is 2.48. The molecule has 1 heterocycles. The maximum atomic E-state index is 5.68. The summed E-state index contributed by atoms with van der Waals surface area (Å²) < 4.78 is 7.25. The number of benzene rings is 1. The van der Waals surface area contributed by atoms with Gasteiger partial charge in [0, 0.05) is 30.2 Å². The number of hydrogen-bond donors (Lipinski definition) is 1. The monoisotopic (exact) mass is 217 g/mol. The molecule has 0 saturated heterocycles. The Labute approximate surface area is 94.7 Å². The van der Waals surface area contributed by atoms with E-state index in [0.717, 1.165) is 22.8 Å². The zero-order valence-electron chi connectivity index (χ0n) is 9.47. The number of aryl methyl sites for hydroxylation is 1. The van der Waals surface area contributed by atoms with Crippen LogP contribution in [0, 0.1) is 6.92 Å². The van der Waals surface area contributed by atoms with Gasteiger partial charge in [-0.1, -0.05) is 0 Å². The van der Waals surface area contributed by atoms with Crippen molar-refractivity contribution in [2.45, 2.75) is 13.5 Å². The summed E-state index contributed by atoms with van der Waals surface area (Å²) in [4.78, 5) is 4.19.